The van der Waals surface area contributed by atoms with Crippen molar-refractivity contribution in [2.75, 3.05) is 6.61 Å². The smallest absolute Gasteiger partial charge is 0.0575 e. The number of unbranched alkanes of at least 4 members (excludes halogenated alkanes) is 3. The third-order valence-corrected chi connectivity index (χ3v) is 7.07. The van der Waals surface area contributed by atoms with E-state index in [-0.39, 0.29) is 0 Å². The quantitative estimate of drug-likeness (QED) is 0.252. The van der Waals surface area contributed by atoms with Gasteiger partial charge >= 0.3 is 0 Å². The highest BCUT2D eigenvalue weighted by Crippen LogP contribution is 2.37. The van der Waals surface area contributed by atoms with Crippen molar-refractivity contribution in [2.45, 2.75) is 123 Å². The van der Waals surface area contributed by atoms with Gasteiger partial charge in [-0.2, -0.15) is 0 Å². The molecule has 2 aliphatic rings. The van der Waals surface area contributed by atoms with Crippen molar-refractivity contribution < 1.29 is 4.74 Å². The highest BCUT2D eigenvalue weighted by atomic mass is 16.5. The van der Waals surface area contributed by atoms with Gasteiger partial charge in [-0.25, -0.2) is 0 Å². The number of ether oxygens (including phenoxy) is 1. The zero-order valence-electron chi connectivity index (χ0n) is 17.9. The van der Waals surface area contributed by atoms with E-state index in [9.17, 15) is 0 Å². The highest BCUT2D eigenvalue weighted by Gasteiger charge is 2.24. The third-order valence-electron chi connectivity index (χ3n) is 7.07. The number of rotatable bonds is 12. The monoisotopic (exact) mass is 362 g/mol. The molecule has 0 aliphatic heterocycles. The Hall–Kier alpha value is -0.300. The average molecular weight is 363 g/mol. The number of hydrogen-bond acceptors (Lipinski definition) is 1. The first kappa shape index (κ1) is 22.0. The Balaban J connectivity index is 1.47. The summed E-state index contributed by atoms with van der Waals surface area (Å²) in [6, 6.07) is 0. The summed E-state index contributed by atoms with van der Waals surface area (Å²) in [7, 11) is 0. The Morgan fingerprint density at radius 1 is 0.731 bits per heavy atom. The predicted molar refractivity (Wildman–Crippen MR) is 115 cm³/mol. The van der Waals surface area contributed by atoms with E-state index in [0.717, 1.165) is 24.4 Å². The summed E-state index contributed by atoms with van der Waals surface area (Å²) in [5.74, 6) is 3.07. The molecule has 26 heavy (non-hydrogen) atoms. The van der Waals surface area contributed by atoms with Crippen LogP contribution in [0.3, 0.4) is 0 Å². The maximum Gasteiger partial charge on any atom is 0.0575 e. The fourth-order valence-electron chi connectivity index (χ4n) is 5.14. The molecule has 0 N–H and O–H groups in total. The molecule has 0 saturated heterocycles. The minimum atomic E-state index is 0.584. The van der Waals surface area contributed by atoms with Crippen molar-refractivity contribution in [1.82, 2.24) is 0 Å². The molecule has 2 rings (SSSR count). The van der Waals surface area contributed by atoms with E-state index < -0.39 is 0 Å². The molecule has 0 heterocycles. The van der Waals surface area contributed by atoms with E-state index in [1.165, 1.54) is 103 Å². The van der Waals surface area contributed by atoms with Gasteiger partial charge < -0.3 is 4.74 Å². The van der Waals surface area contributed by atoms with Crippen molar-refractivity contribution in [3.05, 3.63) is 12.2 Å². The molecule has 2 saturated carbocycles. The lowest BCUT2D eigenvalue weighted by Crippen LogP contribution is -2.23. The summed E-state index contributed by atoms with van der Waals surface area (Å²) >= 11 is 0. The Labute approximate surface area is 164 Å². The molecule has 0 radical (unpaired) electrons. The minimum absolute atomic E-state index is 0.584. The van der Waals surface area contributed by atoms with E-state index in [0.29, 0.717) is 6.10 Å². The Bertz CT molecular complexity index is 345. The van der Waals surface area contributed by atoms with Gasteiger partial charge in [0.05, 0.1) is 6.10 Å². The van der Waals surface area contributed by atoms with Crippen LogP contribution in [-0.4, -0.2) is 12.7 Å². The molecule has 0 aromatic carbocycles. The van der Waals surface area contributed by atoms with Gasteiger partial charge in [-0.05, 0) is 69.6 Å². The first-order chi connectivity index (χ1) is 12.8. The second-order valence-corrected chi connectivity index (χ2v) is 9.18. The molecule has 0 atom stereocenters. The third kappa shape index (κ3) is 9.07. The fraction of sp³-hybridized carbons (Fsp3) is 0.920. The first-order valence-electron chi connectivity index (χ1n) is 12.0. The van der Waals surface area contributed by atoms with Gasteiger partial charge in [-0.15, -0.1) is 0 Å². The maximum absolute atomic E-state index is 6.12. The van der Waals surface area contributed by atoms with Crippen molar-refractivity contribution >= 4 is 0 Å². The van der Waals surface area contributed by atoms with Crippen LogP contribution in [0.4, 0.5) is 0 Å². The van der Waals surface area contributed by atoms with Crippen molar-refractivity contribution in [3.63, 3.8) is 0 Å². The predicted octanol–water partition coefficient (Wildman–Crippen LogP) is 8.09. The normalized spacial score (nSPS) is 30.1. The molecule has 0 aromatic rings. The summed E-state index contributed by atoms with van der Waals surface area (Å²) < 4.78 is 6.12. The van der Waals surface area contributed by atoms with Crippen LogP contribution in [0.5, 0.6) is 0 Å². The molecule has 2 fully saturated rings. The molecule has 0 unspecified atom stereocenters. The van der Waals surface area contributed by atoms with Crippen LogP contribution in [0.1, 0.15) is 117 Å². The molecule has 0 spiro atoms. The molecule has 0 amide bonds. The Morgan fingerprint density at radius 3 is 1.88 bits per heavy atom. The lowest BCUT2D eigenvalue weighted by Gasteiger charge is -2.32. The van der Waals surface area contributed by atoms with Crippen molar-refractivity contribution in [2.24, 2.45) is 17.8 Å². The van der Waals surface area contributed by atoms with Crippen LogP contribution in [0.2, 0.25) is 0 Å². The van der Waals surface area contributed by atoms with Crippen LogP contribution in [0.25, 0.3) is 0 Å². The molecular formula is C25H46O. The molecule has 1 nitrogen and oxygen atoms in total. The van der Waals surface area contributed by atoms with Crippen LogP contribution in [0.15, 0.2) is 12.2 Å². The van der Waals surface area contributed by atoms with Crippen LogP contribution >= 0.6 is 0 Å². The zero-order valence-corrected chi connectivity index (χ0v) is 17.9. The summed E-state index contributed by atoms with van der Waals surface area (Å²) in [6.45, 7) is 5.43. The minimum Gasteiger partial charge on any atom is -0.378 e. The van der Waals surface area contributed by atoms with Gasteiger partial charge in [0.25, 0.3) is 0 Å². The average Bonchev–Trinajstić information content (AvgIpc) is 2.68. The lowest BCUT2D eigenvalue weighted by atomic mass is 9.76. The summed E-state index contributed by atoms with van der Waals surface area (Å²) in [4.78, 5) is 0. The van der Waals surface area contributed by atoms with E-state index in [2.05, 4.69) is 26.0 Å². The molecule has 0 aromatic heterocycles. The van der Waals surface area contributed by atoms with E-state index >= 15 is 0 Å². The SMILES string of the molecule is C/C=C/CCC1CCC(CCC2CCC(OCCCCCC)CC2)CC1. The van der Waals surface area contributed by atoms with E-state index in [4.69, 9.17) is 4.74 Å². The van der Waals surface area contributed by atoms with Crippen LogP contribution in [0, 0.1) is 17.8 Å². The maximum atomic E-state index is 6.12. The van der Waals surface area contributed by atoms with Gasteiger partial charge in [0.1, 0.15) is 0 Å². The Kier molecular flexibility index (Phi) is 11.7. The molecule has 152 valence electrons. The van der Waals surface area contributed by atoms with Gasteiger partial charge in [0.2, 0.25) is 0 Å². The largest absolute Gasteiger partial charge is 0.378 e. The van der Waals surface area contributed by atoms with E-state index in [1.54, 1.807) is 0 Å². The van der Waals surface area contributed by atoms with Crippen molar-refractivity contribution in [1.29, 1.82) is 0 Å². The standard InChI is InChI=1S/C25H46O/c1-3-5-7-9-21-26-25-19-17-24(18-20-25)16-15-23-13-11-22(12-14-23)10-8-6-4-2/h4,6,22-25H,3,5,7-21H2,1-2H3/b6-4+. The van der Waals surface area contributed by atoms with Gasteiger partial charge in [-0.1, -0.05) is 76.9 Å². The molecule has 2 aliphatic carbocycles. The van der Waals surface area contributed by atoms with Crippen LogP contribution < -0.4 is 0 Å². The topological polar surface area (TPSA) is 9.23 Å². The molecular weight excluding hydrogens is 316 g/mol. The van der Waals surface area contributed by atoms with E-state index in [1.807, 2.05) is 0 Å². The number of hydrogen-bond donors (Lipinski definition) is 0. The van der Waals surface area contributed by atoms with Gasteiger partial charge in [0.15, 0.2) is 0 Å². The Morgan fingerprint density at radius 2 is 1.31 bits per heavy atom. The molecule has 0 bridgehead atoms. The lowest BCUT2D eigenvalue weighted by molar-refractivity contribution is 0.0145. The second-order valence-electron chi connectivity index (χ2n) is 9.18. The number of allylic oxidation sites excluding steroid dienone is 2. The summed E-state index contributed by atoms with van der Waals surface area (Å²) in [5, 5.41) is 0. The van der Waals surface area contributed by atoms with Crippen molar-refractivity contribution in [3.8, 4) is 0 Å². The summed E-state index contributed by atoms with van der Waals surface area (Å²) in [6.07, 6.45) is 27.7. The van der Waals surface area contributed by atoms with Gasteiger partial charge in [-0.3, -0.25) is 0 Å². The fourth-order valence-corrected chi connectivity index (χ4v) is 5.14. The zero-order chi connectivity index (χ0) is 18.5. The van der Waals surface area contributed by atoms with Gasteiger partial charge in [0, 0.05) is 6.61 Å². The first-order valence-corrected chi connectivity index (χ1v) is 12.0. The van der Waals surface area contributed by atoms with Crippen LogP contribution in [-0.2, 0) is 4.74 Å². The second kappa shape index (κ2) is 13.8. The highest BCUT2D eigenvalue weighted by molar-refractivity contribution is 4.81. The molecule has 1 heteroatoms. The summed E-state index contributed by atoms with van der Waals surface area (Å²) in [5.41, 5.74) is 0.